The first-order valence-electron chi connectivity index (χ1n) is 10.7. The number of rotatable bonds is 8. The second kappa shape index (κ2) is 9.82. The van der Waals surface area contributed by atoms with Gasteiger partial charge in [-0.25, -0.2) is 0 Å². The zero-order valence-electron chi connectivity index (χ0n) is 17.8. The lowest BCUT2D eigenvalue weighted by molar-refractivity contribution is -0.118. The summed E-state index contributed by atoms with van der Waals surface area (Å²) in [4.78, 5) is 17.3. The molecule has 1 amide bonds. The van der Waals surface area contributed by atoms with Crippen LogP contribution in [0.4, 0.5) is 5.69 Å². The molecule has 2 bridgehead atoms. The number of hydrogen-bond donors (Lipinski definition) is 1. The van der Waals surface area contributed by atoms with Gasteiger partial charge in [0.05, 0.1) is 25.3 Å². The summed E-state index contributed by atoms with van der Waals surface area (Å²) in [5, 5.41) is 11.9. The Labute approximate surface area is 183 Å². The average molecular weight is 421 g/mol. The normalized spacial score (nSPS) is 20.8. The van der Waals surface area contributed by atoms with Crippen molar-refractivity contribution < 1.29 is 14.3 Å². The molecule has 2 fully saturated rings. The summed E-state index contributed by atoms with van der Waals surface area (Å²) in [6.45, 7) is 3.72. The number of likely N-dealkylation sites (tertiary alicyclic amines) is 1. The molecule has 7 heteroatoms. The van der Waals surface area contributed by atoms with E-state index in [2.05, 4.69) is 21.2 Å². The van der Waals surface area contributed by atoms with E-state index in [0.717, 1.165) is 49.7 Å². The number of nitriles is 1. The molecule has 0 aromatic heterocycles. The molecule has 0 aliphatic carbocycles. The Morgan fingerprint density at radius 2 is 1.71 bits per heavy atom. The van der Waals surface area contributed by atoms with Gasteiger partial charge in [0.15, 0.2) is 0 Å². The van der Waals surface area contributed by atoms with Crippen molar-refractivity contribution in [2.75, 3.05) is 45.2 Å². The monoisotopic (exact) mass is 420 g/mol. The van der Waals surface area contributed by atoms with Crippen molar-refractivity contribution in [2.24, 2.45) is 0 Å². The number of benzene rings is 2. The number of nitrogens with zero attached hydrogens (tertiary/aromatic N) is 3. The minimum Gasteiger partial charge on any atom is -0.497 e. The predicted molar refractivity (Wildman–Crippen MR) is 118 cm³/mol. The third-order valence-electron chi connectivity index (χ3n) is 6.05. The van der Waals surface area contributed by atoms with Gasteiger partial charge in [-0.3, -0.25) is 14.6 Å². The smallest absolute Gasteiger partial charge is 0.238 e. The zero-order chi connectivity index (χ0) is 21.6. The zero-order valence-corrected chi connectivity index (χ0v) is 17.8. The fourth-order valence-corrected chi connectivity index (χ4v) is 4.54. The number of anilines is 1. The van der Waals surface area contributed by atoms with Crippen molar-refractivity contribution >= 4 is 11.6 Å². The number of carbonyl (C=O) groups excluding carboxylic acids is 1. The molecule has 162 valence electrons. The molecule has 2 unspecified atom stereocenters. The molecule has 2 aliphatic rings. The molecular weight excluding hydrogens is 392 g/mol. The minimum atomic E-state index is 0.0159. The van der Waals surface area contributed by atoms with E-state index in [1.807, 2.05) is 36.4 Å². The van der Waals surface area contributed by atoms with Crippen LogP contribution in [0.3, 0.4) is 0 Å². The van der Waals surface area contributed by atoms with Gasteiger partial charge in [-0.2, -0.15) is 5.26 Å². The van der Waals surface area contributed by atoms with Crippen LogP contribution in [0, 0.1) is 11.3 Å². The molecule has 0 radical (unpaired) electrons. The number of fused-ring (bicyclic) bond motifs is 2. The van der Waals surface area contributed by atoms with Gasteiger partial charge in [-0.15, -0.1) is 0 Å². The van der Waals surface area contributed by atoms with Crippen molar-refractivity contribution in [1.82, 2.24) is 9.80 Å². The van der Waals surface area contributed by atoms with E-state index >= 15 is 0 Å². The van der Waals surface area contributed by atoms with Crippen molar-refractivity contribution in [2.45, 2.75) is 24.9 Å². The van der Waals surface area contributed by atoms with Crippen molar-refractivity contribution in [3.63, 3.8) is 0 Å². The molecular formula is C24H28N4O3. The predicted octanol–water partition coefficient (Wildman–Crippen LogP) is 2.73. The Hall–Kier alpha value is -3.08. The van der Waals surface area contributed by atoms with Gasteiger partial charge in [0.25, 0.3) is 0 Å². The third kappa shape index (κ3) is 5.35. The summed E-state index contributed by atoms with van der Waals surface area (Å²) >= 11 is 0. The molecule has 2 atom stereocenters. The molecule has 0 saturated carbocycles. The Bertz CT molecular complexity index is 909. The fourth-order valence-electron chi connectivity index (χ4n) is 4.54. The lowest BCUT2D eigenvalue weighted by atomic mass is 10.2. The van der Waals surface area contributed by atoms with Crippen LogP contribution in [0.2, 0.25) is 0 Å². The van der Waals surface area contributed by atoms with E-state index in [0.29, 0.717) is 30.8 Å². The number of ether oxygens (including phenoxy) is 2. The van der Waals surface area contributed by atoms with E-state index in [-0.39, 0.29) is 5.91 Å². The Morgan fingerprint density at radius 1 is 1.06 bits per heavy atom. The summed E-state index contributed by atoms with van der Waals surface area (Å²) < 4.78 is 11.0. The SMILES string of the molecule is COc1ccc(NC(=O)CN2CC3CCC(C2)N3CCOc2ccc(C#N)cc2)cc1. The van der Waals surface area contributed by atoms with Crippen LogP contribution in [0.5, 0.6) is 11.5 Å². The average Bonchev–Trinajstić information content (AvgIpc) is 3.02. The largest absolute Gasteiger partial charge is 0.497 e. The van der Waals surface area contributed by atoms with Gasteiger partial charge in [0.2, 0.25) is 5.91 Å². The Balaban J connectivity index is 1.22. The molecule has 2 aromatic rings. The van der Waals surface area contributed by atoms with Gasteiger partial charge in [-0.1, -0.05) is 0 Å². The summed E-state index contributed by atoms with van der Waals surface area (Å²) in [5.41, 5.74) is 1.42. The van der Waals surface area contributed by atoms with Crippen LogP contribution < -0.4 is 14.8 Å². The van der Waals surface area contributed by atoms with Gasteiger partial charge >= 0.3 is 0 Å². The highest BCUT2D eigenvalue weighted by molar-refractivity contribution is 5.92. The van der Waals surface area contributed by atoms with Gasteiger partial charge in [0, 0.05) is 37.4 Å². The topological polar surface area (TPSA) is 77.8 Å². The number of hydrogen-bond acceptors (Lipinski definition) is 6. The van der Waals surface area contributed by atoms with E-state index in [4.69, 9.17) is 14.7 Å². The van der Waals surface area contributed by atoms with Crippen LogP contribution in [-0.2, 0) is 4.79 Å². The number of methoxy groups -OCH3 is 1. The lowest BCUT2D eigenvalue weighted by Gasteiger charge is -2.40. The first-order valence-corrected chi connectivity index (χ1v) is 10.7. The highest BCUT2D eigenvalue weighted by atomic mass is 16.5. The molecule has 7 nitrogen and oxygen atoms in total. The lowest BCUT2D eigenvalue weighted by Crippen LogP contribution is -2.55. The van der Waals surface area contributed by atoms with Crippen LogP contribution in [0.15, 0.2) is 48.5 Å². The molecule has 31 heavy (non-hydrogen) atoms. The number of amides is 1. The summed E-state index contributed by atoms with van der Waals surface area (Å²) in [6.07, 6.45) is 2.33. The number of carbonyl (C=O) groups is 1. The van der Waals surface area contributed by atoms with E-state index < -0.39 is 0 Å². The molecule has 2 saturated heterocycles. The van der Waals surface area contributed by atoms with Crippen LogP contribution in [-0.4, -0.2) is 67.7 Å². The maximum absolute atomic E-state index is 12.5. The van der Waals surface area contributed by atoms with Gasteiger partial charge in [-0.05, 0) is 61.4 Å². The van der Waals surface area contributed by atoms with Crippen LogP contribution in [0.25, 0.3) is 0 Å². The fraction of sp³-hybridized carbons (Fsp3) is 0.417. The maximum atomic E-state index is 12.5. The third-order valence-corrected chi connectivity index (χ3v) is 6.05. The highest BCUT2D eigenvalue weighted by Crippen LogP contribution is 2.29. The van der Waals surface area contributed by atoms with Crippen LogP contribution >= 0.6 is 0 Å². The molecule has 2 aliphatic heterocycles. The quantitative estimate of drug-likeness (QED) is 0.708. The van der Waals surface area contributed by atoms with Crippen molar-refractivity contribution in [3.05, 3.63) is 54.1 Å². The molecule has 0 spiro atoms. The van der Waals surface area contributed by atoms with E-state index in [9.17, 15) is 4.79 Å². The molecule has 2 aromatic carbocycles. The second-order valence-electron chi connectivity index (χ2n) is 8.08. The minimum absolute atomic E-state index is 0.0159. The van der Waals surface area contributed by atoms with E-state index in [1.54, 1.807) is 19.2 Å². The summed E-state index contributed by atoms with van der Waals surface area (Å²) in [6, 6.07) is 17.7. The summed E-state index contributed by atoms with van der Waals surface area (Å²) in [5.74, 6) is 1.58. The van der Waals surface area contributed by atoms with Gasteiger partial charge in [0.1, 0.15) is 18.1 Å². The molecule has 4 rings (SSSR count). The molecule has 2 heterocycles. The van der Waals surface area contributed by atoms with Crippen LogP contribution in [0.1, 0.15) is 18.4 Å². The second-order valence-corrected chi connectivity index (χ2v) is 8.08. The first kappa shape index (κ1) is 21.2. The molecule has 1 N–H and O–H groups in total. The standard InChI is InChI=1S/C24H28N4O3/c1-30-22-10-4-19(5-11-22)26-24(29)17-27-15-20-6-7-21(16-27)28(20)12-13-31-23-8-2-18(14-25)3-9-23/h2-5,8-11,20-21H,6-7,12-13,15-17H2,1H3,(H,26,29). The Kier molecular flexibility index (Phi) is 6.70. The van der Waals surface area contributed by atoms with Gasteiger partial charge < -0.3 is 14.8 Å². The van der Waals surface area contributed by atoms with Crippen molar-refractivity contribution in [1.29, 1.82) is 5.26 Å². The number of piperazine rings is 1. The first-order chi connectivity index (χ1) is 15.1. The van der Waals surface area contributed by atoms with E-state index in [1.165, 1.54) is 0 Å². The van der Waals surface area contributed by atoms with Crippen molar-refractivity contribution in [3.8, 4) is 17.6 Å². The maximum Gasteiger partial charge on any atom is 0.238 e. The number of nitrogens with one attached hydrogen (secondary N) is 1. The summed E-state index contributed by atoms with van der Waals surface area (Å²) in [7, 11) is 1.63. The Morgan fingerprint density at radius 3 is 2.32 bits per heavy atom. The highest BCUT2D eigenvalue weighted by Gasteiger charge is 2.39.